The van der Waals surface area contributed by atoms with Gasteiger partial charge in [0.1, 0.15) is 12.8 Å². The highest BCUT2D eigenvalue weighted by atomic mass is 19.1. The number of aliphatic hydroxyl groups is 2. The minimum atomic E-state index is -2.28. The number of carbonyl (C=O) groups excluding carboxylic acids is 3. The number of halogens is 2. The van der Waals surface area contributed by atoms with E-state index >= 15 is 8.78 Å². The molecule has 0 aliphatic heterocycles. The first-order chi connectivity index (χ1) is 15.3. The highest BCUT2D eigenvalue weighted by molar-refractivity contribution is 6.01. The smallest absolute Gasteiger partial charge is 0.306 e. The van der Waals surface area contributed by atoms with Crippen molar-refractivity contribution >= 4 is 17.5 Å². The largest absolute Gasteiger partial charge is 0.450 e. The summed E-state index contributed by atoms with van der Waals surface area (Å²) in [4.78, 5) is 37.5. The molecule has 0 spiro atoms. The molecule has 9 atom stereocenters. The normalized spacial score (nSPS) is 48.4. The van der Waals surface area contributed by atoms with Crippen LogP contribution in [0.4, 0.5) is 8.78 Å². The summed E-state index contributed by atoms with van der Waals surface area (Å²) in [5, 5.41) is 21.1. The van der Waals surface area contributed by atoms with E-state index in [9.17, 15) is 24.6 Å². The van der Waals surface area contributed by atoms with Crippen LogP contribution in [0.25, 0.3) is 0 Å². The van der Waals surface area contributed by atoms with E-state index < -0.39 is 76.3 Å². The van der Waals surface area contributed by atoms with Crippen LogP contribution in [0.2, 0.25) is 0 Å². The van der Waals surface area contributed by atoms with Gasteiger partial charge in [0.05, 0.1) is 6.10 Å². The quantitative estimate of drug-likeness (QED) is 0.618. The fraction of sp³-hybridized carbons (Fsp3) is 0.720. The number of Topliss-reactive ketones (excluding diaryl/α,β-unsaturated/α-hetero) is 1. The number of aliphatic hydroxyl groups excluding tert-OH is 2. The summed E-state index contributed by atoms with van der Waals surface area (Å²) in [6.07, 6.45) is 0.299. The van der Waals surface area contributed by atoms with Crippen LogP contribution >= 0.6 is 0 Å². The number of esters is 1. The van der Waals surface area contributed by atoms with Crippen molar-refractivity contribution in [2.75, 3.05) is 6.61 Å². The Kier molecular flexibility index (Phi) is 5.53. The molecule has 6 nitrogen and oxygen atoms in total. The lowest BCUT2D eigenvalue weighted by atomic mass is 9.44. The molecule has 0 aromatic heterocycles. The molecule has 4 rings (SSSR count). The van der Waals surface area contributed by atoms with Crippen molar-refractivity contribution in [2.24, 2.45) is 28.6 Å². The van der Waals surface area contributed by atoms with E-state index in [4.69, 9.17) is 4.74 Å². The summed E-state index contributed by atoms with van der Waals surface area (Å²) in [6, 6.07) is 0. The highest BCUT2D eigenvalue weighted by Gasteiger charge is 2.77. The Bertz CT molecular complexity index is 961. The van der Waals surface area contributed by atoms with Crippen LogP contribution in [-0.4, -0.2) is 57.9 Å². The number of alkyl halides is 2. The van der Waals surface area contributed by atoms with E-state index in [0.29, 0.717) is 0 Å². The van der Waals surface area contributed by atoms with Crippen molar-refractivity contribution in [3.05, 3.63) is 23.8 Å². The van der Waals surface area contributed by atoms with Crippen LogP contribution in [-0.2, 0) is 19.1 Å². The van der Waals surface area contributed by atoms with Crippen molar-refractivity contribution in [3.8, 4) is 0 Å². The summed E-state index contributed by atoms with van der Waals surface area (Å²) in [5.74, 6) is -3.89. The molecule has 8 heteroatoms. The lowest BCUT2D eigenvalue weighted by Gasteiger charge is -2.63. The fourth-order valence-electron chi connectivity index (χ4n) is 7.76. The van der Waals surface area contributed by atoms with Gasteiger partial charge in [-0.15, -0.1) is 0 Å². The molecule has 33 heavy (non-hydrogen) atoms. The monoisotopic (exact) mass is 466 g/mol. The number of hydrogen-bond acceptors (Lipinski definition) is 6. The summed E-state index contributed by atoms with van der Waals surface area (Å²) in [5.41, 5.74) is -6.74. The second-order valence-corrected chi connectivity index (χ2v) is 10.6. The first kappa shape index (κ1) is 24.2. The van der Waals surface area contributed by atoms with E-state index in [2.05, 4.69) is 0 Å². The third-order valence-corrected chi connectivity index (χ3v) is 9.29. The van der Waals surface area contributed by atoms with Gasteiger partial charge in [0.2, 0.25) is 5.78 Å². The van der Waals surface area contributed by atoms with Gasteiger partial charge in [0.25, 0.3) is 0 Å². The number of hydrogen-bond donors (Lipinski definition) is 2. The molecule has 0 aromatic rings. The SMILES string of the molecule is CCC(=O)O[C@]1(C(=O)CO)C(C)C[C@H]2[C@@H]3CC(F)C4=CC(=O)C=C[C@]4(C)[C@@]3(F)C(O)C[C@@]21C. The van der Waals surface area contributed by atoms with Gasteiger partial charge in [0, 0.05) is 29.1 Å². The van der Waals surface area contributed by atoms with Crippen LogP contribution in [0, 0.1) is 28.6 Å². The zero-order valence-corrected chi connectivity index (χ0v) is 19.4. The van der Waals surface area contributed by atoms with Gasteiger partial charge in [-0.1, -0.05) is 26.8 Å². The average Bonchev–Trinajstić information content (AvgIpc) is 2.98. The molecule has 3 fully saturated rings. The Morgan fingerprint density at radius 2 is 1.91 bits per heavy atom. The third-order valence-electron chi connectivity index (χ3n) is 9.29. The minimum absolute atomic E-state index is 0.00452. The molecule has 0 saturated heterocycles. The highest BCUT2D eigenvalue weighted by Crippen LogP contribution is 2.71. The molecule has 4 aliphatic rings. The third kappa shape index (κ3) is 2.80. The maximum Gasteiger partial charge on any atom is 0.306 e. The zero-order chi connectivity index (χ0) is 24.6. The van der Waals surface area contributed by atoms with Crippen molar-refractivity contribution in [2.45, 2.75) is 76.9 Å². The lowest BCUT2D eigenvalue weighted by molar-refractivity contribution is -0.231. The van der Waals surface area contributed by atoms with Crippen LogP contribution in [0.15, 0.2) is 23.8 Å². The van der Waals surface area contributed by atoms with Gasteiger partial charge >= 0.3 is 5.97 Å². The standard InChI is InChI=1S/C25H32F2O6/c1-5-21(32)33-25(20(31)12-28)13(2)8-15-16-10-18(26)17-9-14(29)6-7-22(17,3)24(16,27)19(30)11-23(15,25)4/h6-7,9,13,15-16,18-19,28,30H,5,8,10-12H2,1-4H3/t13?,15-,16-,18?,19?,22-,23-,24-,25-/m0/s1. The Morgan fingerprint density at radius 1 is 1.24 bits per heavy atom. The van der Waals surface area contributed by atoms with E-state index in [0.717, 1.165) is 6.08 Å². The average molecular weight is 467 g/mol. The van der Waals surface area contributed by atoms with Crippen LogP contribution < -0.4 is 0 Å². The van der Waals surface area contributed by atoms with Crippen LogP contribution in [0.3, 0.4) is 0 Å². The predicted molar refractivity (Wildman–Crippen MR) is 114 cm³/mol. The Labute approximate surface area is 192 Å². The molecular formula is C25H32F2O6. The molecular weight excluding hydrogens is 434 g/mol. The molecule has 3 saturated carbocycles. The molecule has 2 N–H and O–H groups in total. The molecule has 3 unspecified atom stereocenters. The Balaban J connectivity index is 1.88. The number of ketones is 2. The van der Waals surface area contributed by atoms with Gasteiger partial charge in [-0.25, -0.2) is 8.78 Å². The first-order valence-electron chi connectivity index (χ1n) is 11.7. The van der Waals surface area contributed by atoms with E-state index in [1.807, 2.05) is 0 Å². The Hall–Kier alpha value is -1.93. The number of rotatable bonds is 4. The molecule has 182 valence electrons. The van der Waals surface area contributed by atoms with Gasteiger partial charge in [0.15, 0.2) is 17.1 Å². The van der Waals surface area contributed by atoms with Crippen LogP contribution in [0.1, 0.15) is 53.4 Å². The lowest BCUT2D eigenvalue weighted by Crippen LogP contribution is -2.71. The number of allylic oxidation sites excluding steroid dienone is 4. The van der Waals surface area contributed by atoms with E-state index in [1.54, 1.807) is 20.8 Å². The first-order valence-corrected chi connectivity index (χ1v) is 11.7. The Morgan fingerprint density at radius 3 is 2.52 bits per heavy atom. The summed E-state index contributed by atoms with van der Waals surface area (Å²) >= 11 is 0. The zero-order valence-electron chi connectivity index (χ0n) is 19.4. The van der Waals surface area contributed by atoms with Crippen molar-refractivity contribution in [1.29, 1.82) is 0 Å². The van der Waals surface area contributed by atoms with Crippen molar-refractivity contribution in [1.82, 2.24) is 0 Å². The summed E-state index contributed by atoms with van der Waals surface area (Å²) < 4.78 is 38.4. The summed E-state index contributed by atoms with van der Waals surface area (Å²) in [6.45, 7) is 5.62. The number of fused-ring (bicyclic) bond motifs is 5. The number of carbonyl (C=O) groups is 3. The van der Waals surface area contributed by atoms with Gasteiger partial charge < -0.3 is 14.9 Å². The van der Waals surface area contributed by atoms with Crippen molar-refractivity contribution < 1.29 is 38.1 Å². The molecule has 0 aromatic carbocycles. The minimum Gasteiger partial charge on any atom is -0.450 e. The van der Waals surface area contributed by atoms with Gasteiger partial charge in [-0.2, -0.15) is 0 Å². The molecule has 0 amide bonds. The van der Waals surface area contributed by atoms with E-state index in [-0.39, 0.29) is 31.3 Å². The van der Waals surface area contributed by atoms with Crippen molar-refractivity contribution in [3.63, 3.8) is 0 Å². The topological polar surface area (TPSA) is 101 Å². The van der Waals surface area contributed by atoms with Gasteiger partial charge in [-0.05, 0) is 49.8 Å². The number of ether oxygens (including phenoxy) is 1. The fourth-order valence-corrected chi connectivity index (χ4v) is 7.76. The van der Waals surface area contributed by atoms with Crippen LogP contribution in [0.5, 0.6) is 0 Å². The maximum absolute atomic E-state index is 17.2. The molecule has 0 bridgehead atoms. The molecule has 0 heterocycles. The summed E-state index contributed by atoms with van der Waals surface area (Å²) in [7, 11) is 0. The molecule has 0 radical (unpaired) electrons. The van der Waals surface area contributed by atoms with Gasteiger partial charge in [-0.3, -0.25) is 14.4 Å². The second kappa shape index (κ2) is 7.54. The second-order valence-electron chi connectivity index (χ2n) is 10.6. The predicted octanol–water partition coefficient (Wildman–Crippen LogP) is 2.80. The molecule has 4 aliphatic carbocycles. The van der Waals surface area contributed by atoms with E-state index in [1.165, 1.54) is 19.1 Å². The maximum atomic E-state index is 17.2.